The molecule has 14 heavy (non-hydrogen) atoms. The molecule has 0 saturated carbocycles. The number of hydrogen-bond acceptors (Lipinski definition) is 2. The van der Waals surface area contributed by atoms with Crippen LogP contribution in [0.5, 0.6) is 5.75 Å². The first-order chi connectivity index (χ1) is 6.59. The Labute approximate surface area is 92.3 Å². The maximum absolute atomic E-state index is 5.61. The van der Waals surface area contributed by atoms with Crippen molar-refractivity contribution in [2.75, 3.05) is 13.2 Å². The minimum atomic E-state index is -0.0443. The molecule has 0 N–H and O–H groups in total. The van der Waals surface area contributed by atoms with E-state index in [0.717, 1.165) is 16.8 Å². The standard InChI is InChI=1S/C11H13BrO2/c1-8-3-4-9(5-10(8)12)13-6-11(2)7-14-11/h3-5H,6-7H2,1-2H3. The monoisotopic (exact) mass is 256 g/mol. The molecule has 1 fully saturated rings. The fraction of sp³-hybridized carbons (Fsp3) is 0.455. The van der Waals surface area contributed by atoms with Crippen LogP contribution in [-0.2, 0) is 4.74 Å². The van der Waals surface area contributed by atoms with E-state index >= 15 is 0 Å². The van der Waals surface area contributed by atoms with Gasteiger partial charge in [-0.2, -0.15) is 0 Å². The van der Waals surface area contributed by atoms with Crippen LogP contribution in [0.15, 0.2) is 22.7 Å². The Bertz CT molecular complexity index is 345. The number of rotatable bonds is 3. The van der Waals surface area contributed by atoms with Crippen LogP contribution in [0.3, 0.4) is 0 Å². The van der Waals surface area contributed by atoms with Crippen LogP contribution in [0.1, 0.15) is 12.5 Å². The first-order valence-electron chi connectivity index (χ1n) is 4.62. The second-order valence-corrected chi connectivity index (χ2v) is 4.79. The van der Waals surface area contributed by atoms with Gasteiger partial charge in [0.2, 0.25) is 0 Å². The van der Waals surface area contributed by atoms with E-state index in [9.17, 15) is 0 Å². The van der Waals surface area contributed by atoms with Gasteiger partial charge in [0.05, 0.1) is 6.61 Å². The van der Waals surface area contributed by atoms with Crippen molar-refractivity contribution >= 4 is 15.9 Å². The van der Waals surface area contributed by atoms with Crippen LogP contribution in [0, 0.1) is 6.92 Å². The third kappa shape index (κ3) is 2.28. The van der Waals surface area contributed by atoms with Gasteiger partial charge in [0, 0.05) is 4.47 Å². The second-order valence-electron chi connectivity index (χ2n) is 3.94. The molecule has 76 valence electrons. The fourth-order valence-electron chi connectivity index (χ4n) is 1.11. The van der Waals surface area contributed by atoms with Crippen molar-refractivity contribution in [1.82, 2.24) is 0 Å². The summed E-state index contributed by atoms with van der Waals surface area (Å²) in [6.45, 7) is 5.54. The average Bonchev–Trinajstić information content (AvgIpc) is 2.87. The number of benzene rings is 1. The summed E-state index contributed by atoms with van der Waals surface area (Å²) < 4.78 is 11.9. The molecule has 1 aromatic carbocycles. The summed E-state index contributed by atoms with van der Waals surface area (Å²) in [6.07, 6.45) is 0. The molecule has 1 unspecified atom stereocenters. The van der Waals surface area contributed by atoms with Gasteiger partial charge in [-0.15, -0.1) is 0 Å². The molecule has 0 aromatic heterocycles. The topological polar surface area (TPSA) is 21.8 Å². The zero-order valence-electron chi connectivity index (χ0n) is 8.34. The molecule has 0 bridgehead atoms. The van der Waals surface area contributed by atoms with Crippen molar-refractivity contribution in [3.05, 3.63) is 28.2 Å². The van der Waals surface area contributed by atoms with Crippen LogP contribution in [0.25, 0.3) is 0 Å². The lowest BCUT2D eigenvalue weighted by molar-refractivity contribution is 0.202. The predicted molar refractivity (Wildman–Crippen MR) is 58.7 cm³/mol. The van der Waals surface area contributed by atoms with Crippen LogP contribution in [-0.4, -0.2) is 18.8 Å². The second kappa shape index (κ2) is 3.55. The van der Waals surface area contributed by atoms with Gasteiger partial charge >= 0.3 is 0 Å². The van der Waals surface area contributed by atoms with E-state index in [0.29, 0.717) is 6.61 Å². The highest BCUT2D eigenvalue weighted by molar-refractivity contribution is 9.10. The minimum absolute atomic E-state index is 0.0443. The van der Waals surface area contributed by atoms with Gasteiger partial charge in [-0.3, -0.25) is 0 Å². The van der Waals surface area contributed by atoms with Crippen LogP contribution in [0.4, 0.5) is 0 Å². The van der Waals surface area contributed by atoms with Crippen molar-refractivity contribution in [2.45, 2.75) is 19.4 Å². The molecular weight excluding hydrogens is 244 g/mol. The molecule has 1 saturated heterocycles. The highest BCUT2D eigenvalue weighted by Crippen LogP contribution is 2.28. The average molecular weight is 257 g/mol. The van der Waals surface area contributed by atoms with Gasteiger partial charge in [0.25, 0.3) is 0 Å². The molecule has 0 spiro atoms. The lowest BCUT2D eigenvalue weighted by Crippen LogP contribution is -2.16. The molecule has 1 aliphatic heterocycles. The molecule has 0 aliphatic carbocycles. The highest BCUT2D eigenvalue weighted by atomic mass is 79.9. The molecular formula is C11H13BrO2. The third-order valence-corrected chi connectivity index (χ3v) is 3.18. The van der Waals surface area contributed by atoms with Gasteiger partial charge in [-0.1, -0.05) is 22.0 Å². The van der Waals surface area contributed by atoms with Crippen molar-refractivity contribution in [2.24, 2.45) is 0 Å². The Morgan fingerprint density at radius 3 is 2.86 bits per heavy atom. The molecule has 0 radical (unpaired) electrons. The third-order valence-electron chi connectivity index (χ3n) is 2.32. The lowest BCUT2D eigenvalue weighted by Gasteiger charge is -2.09. The molecule has 1 aliphatic rings. The lowest BCUT2D eigenvalue weighted by atomic mass is 10.2. The molecule has 1 atom stereocenters. The first-order valence-corrected chi connectivity index (χ1v) is 5.41. The molecule has 2 nitrogen and oxygen atoms in total. The van der Waals surface area contributed by atoms with Gasteiger partial charge in [-0.05, 0) is 31.5 Å². The van der Waals surface area contributed by atoms with Crippen molar-refractivity contribution < 1.29 is 9.47 Å². The van der Waals surface area contributed by atoms with E-state index in [1.165, 1.54) is 5.56 Å². The van der Waals surface area contributed by atoms with E-state index in [1.54, 1.807) is 0 Å². The van der Waals surface area contributed by atoms with E-state index in [1.807, 2.05) is 18.2 Å². The van der Waals surface area contributed by atoms with E-state index in [4.69, 9.17) is 9.47 Å². The summed E-state index contributed by atoms with van der Waals surface area (Å²) in [4.78, 5) is 0. The Kier molecular flexibility index (Phi) is 2.54. The number of aryl methyl sites for hydroxylation is 1. The van der Waals surface area contributed by atoms with Gasteiger partial charge < -0.3 is 9.47 Å². The normalized spacial score (nSPS) is 24.8. The summed E-state index contributed by atoms with van der Waals surface area (Å²) in [5, 5.41) is 0. The first kappa shape index (κ1) is 9.99. The summed E-state index contributed by atoms with van der Waals surface area (Å²) >= 11 is 3.47. The summed E-state index contributed by atoms with van der Waals surface area (Å²) in [6, 6.07) is 6.00. The smallest absolute Gasteiger partial charge is 0.123 e. The summed E-state index contributed by atoms with van der Waals surface area (Å²) in [7, 11) is 0. The number of ether oxygens (including phenoxy) is 2. The highest BCUT2D eigenvalue weighted by Gasteiger charge is 2.40. The quantitative estimate of drug-likeness (QED) is 0.776. The van der Waals surface area contributed by atoms with E-state index < -0.39 is 0 Å². The fourth-order valence-corrected chi connectivity index (χ4v) is 1.46. The molecule has 1 aromatic rings. The maximum Gasteiger partial charge on any atom is 0.123 e. The van der Waals surface area contributed by atoms with Crippen molar-refractivity contribution in [3.8, 4) is 5.75 Å². The Balaban J connectivity index is 1.99. The Morgan fingerprint density at radius 1 is 1.57 bits per heavy atom. The minimum Gasteiger partial charge on any atom is -0.490 e. The van der Waals surface area contributed by atoms with Gasteiger partial charge in [0.15, 0.2) is 0 Å². The maximum atomic E-state index is 5.61. The number of halogens is 1. The molecule has 2 rings (SSSR count). The largest absolute Gasteiger partial charge is 0.490 e. The Morgan fingerprint density at radius 2 is 2.29 bits per heavy atom. The predicted octanol–water partition coefficient (Wildman–Crippen LogP) is 2.93. The van der Waals surface area contributed by atoms with Crippen LogP contribution >= 0.6 is 15.9 Å². The molecule has 3 heteroatoms. The number of epoxide rings is 1. The van der Waals surface area contributed by atoms with E-state index in [-0.39, 0.29) is 5.60 Å². The number of hydrogen-bond donors (Lipinski definition) is 0. The van der Waals surface area contributed by atoms with Crippen molar-refractivity contribution in [1.29, 1.82) is 0 Å². The van der Waals surface area contributed by atoms with Crippen LogP contribution < -0.4 is 4.74 Å². The Hall–Kier alpha value is -0.540. The zero-order valence-corrected chi connectivity index (χ0v) is 9.93. The molecule has 0 amide bonds. The SMILES string of the molecule is Cc1ccc(OCC2(C)CO2)cc1Br. The molecule has 1 heterocycles. The van der Waals surface area contributed by atoms with Gasteiger partial charge in [-0.25, -0.2) is 0 Å². The summed E-state index contributed by atoms with van der Waals surface area (Å²) in [5.41, 5.74) is 1.17. The summed E-state index contributed by atoms with van der Waals surface area (Å²) in [5.74, 6) is 0.888. The van der Waals surface area contributed by atoms with Crippen LogP contribution in [0.2, 0.25) is 0 Å². The zero-order chi connectivity index (χ0) is 10.2. The van der Waals surface area contributed by atoms with E-state index in [2.05, 4.69) is 29.8 Å². The van der Waals surface area contributed by atoms with Gasteiger partial charge in [0.1, 0.15) is 18.0 Å². The van der Waals surface area contributed by atoms with Crippen molar-refractivity contribution in [3.63, 3.8) is 0 Å².